The summed E-state index contributed by atoms with van der Waals surface area (Å²) in [6.45, 7) is 9.07. The van der Waals surface area contributed by atoms with E-state index in [4.69, 9.17) is 17.3 Å². The van der Waals surface area contributed by atoms with Crippen LogP contribution in [0.5, 0.6) is 0 Å². The van der Waals surface area contributed by atoms with Crippen molar-refractivity contribution in [2.45, 2.75) is 59.0 Å². The first-order valence-electron chi connectivity index (χ1n) is 5.92. The predicted molar refractivity (Wildman–Crippen MR) is 68.9 cm³/mol. The van der Waals surface area contributed by atoms with Crippen LogP contribution in [0.2, 0.25) is 5.02 Å². The number of nitrogens with two attached hydrogens (primary N) is 1. The van der Waals surface area contributed by atoms with E-state index in [2.05, 4.69) is 25.9 Å². The number of hydrogen-bond donors (Lipinski definition) is 1. The summed E-state index contributed by atoms with van der Waals surface area (Å²) >= 11 is 6.26. The van der Waals surface area contributed by atoms with E-state index in [9.17, 15) is 0 Å². The first kappa shape index (κ1) is 13.5. The normalized spacial score (nSPS) is 15.1. The summed E-state index contributed by atoms with van der Waals surface area (Å²) in [5, 5.41) is 5.17. The van der Waals surface area contributed by atoms with Crippen molar-refractivity contribution in [3.63, 3.8) is 0 Å². The lowest BCUT2D eigenvalue weighted by molar-refractivity contribution is 0.409. The molecule has 0 bridgehead atoms. The molecule has 1 aromatic heterocycles. The van der Waals surface area contributed by atoms with Crippen LogP contribution in [-0.4, -0.2) is 15.3 Å². The standard InChI is InChI=1S/C12H22ClN3/c1-5-7-12(4,14)8-10-11(13)9(3)15-16(10)6-2/h5-8,14H2,1-4H3. The third kappa shape index (κ3) is 2.98. The molecule has 4 heteroatoms. The molecule has 0 aliphatic carbocycles. The molecular formula is C12H22ClN3. The number of halogens is 1. The highest BCUT2D eigenvalue weighted by Crippen LogP contribution is 2.25. The summed E-state index contributed by atoms with van der Waals surface area (Å²) in [5.74, 6) is 0. The minimum absolute atomic E-state index is 0.197. The smallest absolute Gasteiger partial charge is 0.0847 e. The third-order valence-electron chi connectivity index (χ3n) is 2.85. The number of aryl methyl sites for hydroxylation is 2. The molecule has 0 saturated carbocycles. The van der Waals surface area contributed by atoms with Crippen LogP contribution in [0.3, 0.4) is 0 Å². The Labute approximate surface area is 103 Å². The van der Waals surface area contributed by atoms with Crippen LogP contribution >= 0.6 is 11.6 Å². The fourth-order valence-electron chi connectivity index (χ4n) is 2.08. The highest BCUT2D eigenvalue weighted by atomic mass is 35.5. The molecule has 2 N–H and O–H groups in total. The predicted octanol–water partition coefficient (Wildman–Crippen LogP) is 2.92. The zero-order chi connectivity index (χ0) is 12.3. The summed E-state index contributed by atoms with van der Waals surface area (Å²) in [6, 6.07) is 0. The second kappa shape index (κ2) is 5.19. The van der Waals surface area contributed by atoms with Gasteiger partial charge in [-0.3, -0.25) is 4.68 Å². The maximum Gasteiger partial charge on any atom is 0.0847 e. The first-order chi connectivity index (χ1) is 7.41. The lowest BCUT2D eigenvalue weighted by Crippen LogP contribution is -2.39. The fourth-order valence-corrected chi connectivity index (χ4v) is 2.28. The Bertz CT molecular complexity index is 355. The number of hydrogen-bond acceptors (Lipinski definition) is 2. The van der Waals surface area contributed by atoms with Crippen molar-refractivity contribution < 1.29 is 0 Å². The monoisotopic (exact) mass is 243 g/mol. The highest BCUT2D eigenvalue weighted by molar-refractivity contribution is 6.31. The molecule has 16 heavy (non-hydrogen) atoms. The van der Waals surface area contributed by atoms with Crippen molar-refractivity contribution in [2.75, 3.05) is 0 Å². The zero-order valence-corrected chi connectivity index (χ0v) is 11.4. The Balaban J connectivity index is 2.95. The van der Waals surface area contributed by atoms with Crippen LogP contribution < -0.4 is 5.73 Å². The molecule has 92 valence electrons. The van der Waals surface area contributed by atoms with E-state index in [-0.39, 0.29) is 5.54 Å². The van der Waals surface area contributed by atoms with Crippen molar-refractivity contribution in [1.82, 2.24) is 9.78 Å². The van der Waals surface area contributed by atoms with Gasteiger partial charge in [0.2, 0.25) is 0 Å². The molecular weight excluding hydrogens is 222 g/mol. The lowest BCUT2D eigenvalue weighted by Gasteiger charge is -2.24. The van der Waals surface area contributed by atoms with Crippen molar-refractivity contribution in [3.05, 3.63) is 16.4 Å². The Kier molecular flexibility index (Phi) is 4.39. The molecule has 3 nitrogen and oxygen atoms in total. The van der Waals surface area contributed by atoms with Gasteiger partial charge in [-0.05, 0) is 27.2 Å². The van der Waals surface area contributed by atoms with Gasteiger partial charge in [-0.2, -0.15) is 5.10 Å². The lowest BCUT2D eigenvalue weighted by atomic mass is 9.92. The SMILES string of the molecule is CCCC(C)(N)Cc1c(Cl)c(C)nn1CC. The van der Waals surface area contributed by atoms with Crippen LogP contribution in [0.4, 0.5) is 0 Å². The molecule has 0 spiro atoms. The average molecular weight is 244 g/mol. The van der Waals surface area contributed by atoms with E-state index in [0.29, 0.717) is 0 Å². The molecule has 0 aliphatic rings. The third-order valence-corrected chi connectivity index (χ3v) is 3.34. The molecule has 0 aromatic carbocycles. The molecule has 1 heterocycles. The van der Waals surface area contributed by atoms with Crippen molar-refractivity contribution in [1.29, 1.82) is 0 Å². The van der Waals surface area contributed by atoms with Crippen LogP contribution in [0.15, 0.2) is 0 Å². The Morgan fingerprint density at radius 1 is 1.44 bits per heavy atom. The van der Waals surface area contributed by atoms with Gasteiger partial charge in [-0.25, -0.2) is 0 Å². The van der Waals surface area contributed by atoms with E-state index < -0.39 is 0 Å². The van der Waals surface area contributed by atoms with Gasteiger partial charge in [0, 0.05) is 18.5 Å². The van der Waals surface area contributed by atoms with E-state index >= 15 is 0 Å². The maximum atomic E-state index is 6.26. The molecule has 0 amide bonds. The molecule has 0 aliphatic heterocycles. The van der Waals surface area contributed by atoms with Crippen molar-refractivity contribution in [3.8, 4) is 0 Å². The van der Waals surface area contributed by atoms with Crippen molar-refractivity contribution >= 4 is 11.6 Å². The molecule has 1 unspecified atom stereocenters. The van der Waals surface area contributed by atoms with E-state index in [0.717, 1.165) is 42.2 Å². The van der Waals surface area contributed by atoms with Crippen LogP contribution in [-0.2, 0) is 13.0 Å². The molecule has 1 aromatic rings. The van der Waals surface area contributed by atoms with E-state index in [1.54, 1.807) is 0 Å². The maximum absolute atomic E-state index is 6.26. The summed E-state index contributed by atoms with van der Waals surface area (Å²) in [7, 11) is 0. The van der Waals surface area contributed by atoms with Gasteiger partial charge in [0.1, 0.15) is 0 Å². The minimum Gasteiger partial charge on any atom is -0.325 e. The Morgan fingerprint density at radius 2 is 2.06 bits per heavy atom. The van der Waals surface area contributed by atoms with Gasteiger partial charge in [0.05, 0.1) is 16.4 Å². The summed E-state index contributed by atoms with van der Waals surface area (Å²) in [6.07, 6.45) is 2.87. The van der Waals surface area contributed by atoms with Gasteiger partial charge in [-0.1, -0.05) is 24.9 Å². The molecule has 0 saturated heterocycles. The van der Waals surface area contributed by atoms with Gasteiger partial charge in [0.15, 0.2) is 0 Å². The van der Waals surface area contributed by atoms with Crippen LogP contribution in [0.25, 0.3) is 0 Å². The van der Waals surface area contributed by atoms with Crippen LogP contribution in [0.1, 0.15) is 45.0 Å². The fraction of sp³-hybridized carbons (Fsp3) is 0.750. The average Bonchev–Trinajstić information content (AvgIpc) is 2.45. The molecule has 1 rings (SSSR count). The topological polar surface area (TPSA) is 43.8 Å². The summed E-state index contributed by atoms with van der Waals surface area (Å²) < 4.78 is 1.96. The second-order valence-corrected chi connectivity index (χ2v) is 5.12. The Morgan fingerprint density at radius 3 is 2.56 bits per heavy atom. The number of rotatable bonds is 5. The van der Waals surface area contributed by atoms with E-state index in [1.807, 2.05) is 11.6 Å². The first-order valence-corrected chi connectivity index (χ1v) is 6.29. The quantitative estimate of drug-likeness (QED) is 0.864. The van der Waals surface area contributed by atoms with Crippen molar-refractivity contribution in [2.24, 2.45) is 5.73 Å². The van der Waals surface area contributed by atoms with E-state index in [1.165, 1.54) is 0 Å². The van der Waals surface area contributed by atoms with Gasteiger partial charge in [-0.15, -0.1) is 0 Å². The molecule has 0 radical (unpaired) electrons. The van der Waals surface area contributed by atoms with Gasteiger partial charge in [0.25, 0.3) is 0 Å². The highest BCUT2D eigenvalue weighted by Gasteiger charge is 2.23. The summed E-state index contributed by atoms with van der Waals surface area (Å²) in [4.78, 5) is 0. The Hall–Kier alpha value is -0.540. The molecule has 0 fully saturated rings. The molecule has 1 atom stereocenters. The summed E-state index contributed by atoms with van der Waals surface area (Å²) in [5.41, 5.74) is 8.03. The number of nitrogens with zero attached hydrogens (tertiary/aromatic N) is 2. The zero-order valence-electron chi connectivity index (χ0n) is 10.7. The van der Waals surface area contributed by atoms with Gasteiger partial charge < -0.3 is 5.73 Å². The number of aromatic nitrogens is 2. The van der Waals surface area contributed by atoms with Gasteiger partial charge >= 0.3 is 0 Å². The largest absolute Gasteiger partial charge is 0.325 e. The minimum atomic E-state index is -0.197. The van der Waals surface area contributed by atoms with Crippen LogP contribution in [0, 0.1) is 6.92 Å². The second-order valence-electron chi connectivity index (χ2n) is 4.74.